The van der Waals surface area contributed by atoms with E-state index in [0.717, 1.165) is 31.5 Å². The van der Waals surface area contributed by atoms with Crippen molar-refractivity contribution in [3.05, 3.63) is 35.9 Å². The minimum absolute atomic E-state index is 0.0282. The van der Waals surface area contributed by atoms with Crippen molar-refractivity contribution in [2.45, 2.75) is 24.9 Å². The highest BCUT2D eigenvalue weighted by molar-refractivity contribution is 5.83. The van der Waals surface area contributed by atoms with Gasteiger partial charge in [-0.25, -0.2) is 0 Å². The summed E-state index contributed by atoms with van der Waals surface area (Å²) in [6, 6.07) is 8.93. The first-order valence-electron chi connectivity index (χ1n) is 7.54. The average molecular weight is 291 g/mol. The van der Waals surface area contributed by atoms with Crippen LogP contribution < -0.4 is 5.73 Å². The number of hydrogen-bond donors (Lipinski definition) is 2. The van der Waals surface area contributed by atoms with Crippen molar-refractivity contribution < 1.29 is 9.90 Å². The zero-order valence-electron chi connectivity index (χ0n) is 12.6. The maximum absolute atomic E-state index is 12.7. The fraction of sp³-hybridized carbons (Fsp3) is 0.562. The van der Waals surface area contributed by atoms with Gasteiger partial charge in [0.2, 0.25) is 5.91 Å². The summed E-state index contributed by atoms with van der Waals surface area (Å²) in [5, 5.41) is 9.28. The van der Waals surface area contributed by atoms with Crippen LogP contribution in [0.1, 0.15) is 24.4 Å². The van der Waals surface area contributed by atoms with Crippen LogP contribution in [0, 0.1) is 0 Å². The predicted octanol–water partition coefficient (Wildman–Crippen LogP) is 0.602. The zero-order chi connectivity index (χ0) is 15.2. The summed E-state index contributed by atoms with van der Waals surface area (Å²) < 4.78 is 0. The smallest absolute Gasteiger partial charge is 0.244 e. The topological polar surface area (TPSA) is 69.8 Å². The van der Waals surface area contributed by atoms with Crippen LogP contribution in [0.15, 0.2) is 30.3 Å². The van der Waals surface area contributed by atoms with Gasteiger partial charge < -0.3 is 20.6 Å². The van der Waals surface area contributed by atoms with Crippen molar-refractivity contribution in [2.24, 2.45) is 5.73 Å². The van der Waals surface area contributed by atoms with Gasteiger partial charge in [0, 0.05) is 12.6 Å². The largest absolute Gasteiger partial charge is 0.395 e. The lowest BCUT2D eigenvalue weighted by atomic mass is 10.0. The van der Waals surface area contributed by atoms with Gasteiger partial charge in [0.25, 0.3) is 0 Å². The van der Waals surface area contributed by atoms with E-state index in [1.807, 2.05) is 30.3 Å². The number of benzene rings is 1. The van der Waals surface area contributed by atoms with Crippen molar-refractivity contribution in [1.29, 1.82) is 0 Å². The summed E-state index contributed by atoms with van der Waals surface area (Å²) in [5.74, 6) is -0.0928. The molecule has 0 saturated carbocycles. The molecule has 116 valence electrons. The number of likely N-dealkylation sites (tertiary alicyclic amines) is 1. The Morgan fingerprint density at radius 2 is 2.00 bits per heavy atom. The number of amides is 1. The van der Waals surface area contributed by atoms with E-state index >= 15 is 0 Å². The molecule has 5 nitrogen and oxygen atoms in total. The van der Waals surface area contributed by atoms with Gasteiger partial charge in [-0.3, -0.25) is 4.79 Å². The summed E-state index contributed by atoms with van der Waals surface area (Å²) >= 11 is 0. The lowest BCUT2D eigenvalue weighted by molar-refractivity contribution is -0.136. The lowest BCUT2D eigenvalue weighted by Crippen LogP contribution is -2.50. The van der Waals surface area contributed by atoms with Crippen LogP contribution in [0.3, 0.4) is 0 Å². The Morgan fingerprint density at radius 1 is 1.38 bits per heavy atom. The van der Waals surface area contributed by atoms with Gasteiger partial charge in [-0.2, -0.15) is 0 Å². The molecule has 1 heterocycles. The van der Waals surface area contributed by atoms with Gasteiger partial charge in [-0.05, 0) is 38.5 Å². The zero-order valence-corrected chi connectivity index (χ0v) is 12.6. The number of hydrogen-bond acceptors (Lipinski definition) is 4. The Balaban J connectivity index is 2.08. The molecule has 1 fully saturated rings. The Labute approximate surface area is 126 Å². The SMILES string of the molecule is CN1CCC(N(CCO)C(=O)[C@H](N)c2ccccc2)CC1. The van der Waals surface area contributed by atoms with Crippen LogP contribution in [-0.4, -0.2) is 60.1 Å². The summed E-state index contributed by atoms with van der Waals surface area (Å²) in [4.78, 5) is 16.7. The first kappa shape index (κ1) is 15.9. The highest BCUT2D eigenvalue weighted by atomic mass is 16.3. The summed E-state index contributed by atoms with van der Waals surface area (Å²) in [6.07, 6.45) is 1.87. The van der Waals surface area contributed by atoms with E-state index in [1.165, 1.54) is 0 Å². The van der Waals surface area contributed by atoms with Gasteiger partial charge in [-0.15, -0.1) is 0 Å². The van der Waals surface area contributed by atoms with E-state index in [4.69, 9.17) is 5.73 Å². The molecule has 0 radical (unpaired) electrons. The highest BCUT2D eigenvalue weighted by Crippen LogP contribution is 2.20. The van der Waals surface area contributed by atoms with Crippen molar-refractivity contribution in [3.8, 4) is 0 Å². The van der Waals surface area contributed by atoms with Gasteiger partial charge >= 0.3 is 0 Å². The molecule has 0 spiro atoms. The number of nitrogens with zero attached hydrogens (tertiary/aromatic N) is 2. The molecular formula is C16H25N3O2. The molecule has 0 unspecified atom stereocenters. The second kappa shape index (κ2) is 7.54. The molecule has 1 aromatic carbocycles. The van der Waals surface area contributed by atoms with Gasteiger partial charge in [-0.1, -0.05) is 30.3 Å². The number of nitrogens with two attached hydrogens (primary N) is 1. The molecule has 0 bridgehead atoms. The minimum atomic E-state index is -0.655. The molecule has 1 aliphatic rings. The molecule has 1 amide bonds. The molecule has 1 saturated heterocycles. The molecule has 3 N–H and O–H groups in total. The standard InChI is InChI=1S/C16H25N3O2/c1-18-9-7-14(8-10-18)19(11-12-20)16(21)15(17)13-5-3-2-4-6-13/h2-6,14-15,20H,7-12,17H2,1H3/t15-/m1/s1. The molecule has 1 aromatic rings. The molecular weight excluding hydrogens is 266 g/mol. The van der Waals surface area contributed by atoms with Crippen LogP contribution in [0.5, 0.6) is 0 Å². The van der Waals surface area contributed by atoms with Crippen molar-refractivity contribution >= 4 is 5.91 Å². The number of carbonyl (C=O) groups excluding carboxylic acids is 1. The molecule has 21 heavy (non-hydrogen) atoms. The summed E-state index contributed by atoms with van der Waals surface area (Å²) in [6.45, 7) is 2.27. The third kappa shape index (κ3) is 4.03. The van der Waals surface area contributed by atoms with Crippen LogP contribution >= 0.6 is 0 Å². The lowest BCUT2D eigenvalue weighted by Gasteiger charge is -2.38. The first-order valence-corrected chi connectivity index (χ1v) is 7.54. The fourth-order valence-corrected chi connectivity index (χ4v) is 2.87. The number of aliphatic hydroxyl groups excluding tert-OH is 1. The fourth-order valence-electron chi connectivity index (χ4n) is 2.87. The molecule has 1 atom stereocenters. The highest BCUT2D eigenvalue weighted by Gasteiger charge is 2.30. The molecule has 0 aromatic heterocycles. The first-order chi connectivity index (χ1) is 10.1. The van der Waals surface area contributed by atoms with Crippen molar-refractivity contribution in [3.63, 3.8) is 0 Å². The summed E-state index contributed by atoms with van der Waals surface area (Å²) in [5.41, 5.74) is 6.94. The Kier molecular flexibility index (Phi) is 5.73. The van der Waals surface area contributed by atoms with E-state index in [2.05, 4.69) is 11.9 Å². The monoisotopic (exact) mass is 291 g/mol. The molecule has 0 aliphatic carbocycles. The van der Waals surface area contributed by atoms with Crippen LogP contribution in [0.2, 0.25) is 0 Å². The van der Waals surface area contributed by atoms with Crippen LogP contribution in [0.4, 0.5) is 0 Å². The average Bonchev–Trinajstić information content (AvgIpc) is 2.53. The molecule has 1 aliphatic heterocycles. The Bertz CT molecular complexity index is 444. The maximum Gasteiger partial charge on any atom is 0.244 e. The Morgan fingerprint density at radius 3 is 2.57 bits per heavy atom. The normalized spacial score (nSPS) is 18.4. The number of aliphatic hydroxyl groups is 1. The quantitative estimate of drug-likeness (QED) is 0.833. The second-order valence-corrected chi connectivity index (χ2v) is 5.68. The number of rotatable bonds is 5. The van der Waals surface area contributed by atoms with Gasteiger partial charge in [0.1, 0.15) is 6.04 Å². The van der Waals surface area contributed by atoms with Crippen LogP contribution in [-0.2, 0) is 4.79 Å². The van der Waals surface area contributed by atoms with Crippen molar-refractivity contribution in [2.75, 3.05) is 33.3 Å². The minimum Gasteiger partial charge on any atom is -0.395 e. The summed E-state index contributed by atoms with van der Waals surface area (Å²) in [7, 11) is 2.09. The van der Waals surface area contributed by atoms with E-state index in [1.54, 1.807) is 4.90 Å². The van der Waals surface area contributed by atoms with E-state index in [0.29, 0.717) is 6.54 Å². The van der Waals surface area contributed by atoms with Gasteiger partial charge in [0.05, 0.1) is 6.61 Å². The van der Waals surface area contributed by atoms with Crippen LogP contribution in [0.25, 0.3) is 0 Å². The third-order valence-corrected chi connectivity index (χ3v) is 4.18. The number of carbonyl (C=O) groups is 1. The Hall–Kier alpha value is -1.43. The molecule has 2 rings (SSSR count). The van der Waals surface area contributed by atoms with E-state index in [-0.39, 0.29) is 18.6 Å². The predicted molar refractivity (Wildman–Crippen MR) is 82.7 cm³/mol. The van der Waals surface area contributed by atoms with Gasteiger partial charge in [0.15, 0.2) is 0 Å². The molecule has 5 heteroatoms. The van der Waals surface area contributed by atoms with Crippen molar-refractivity contribution in [1.82, 2.24) is 9.80 Å². The van der Waals surface area contributed by atoms with E-state index < -0.39 is 6.04 Å². The second-order valence-electron chi connectivity index (χ2n) is 5.68. The third-order valence-electron chi connectivity index (χ3n) is 4.18. The number of piperidine rings is 1. The maximum atomic E-state index is 12.7. The van der Waals surface area contributed by atoms with E-state index in [9.17, 15) is 9.90 Å².